The fourth-order valence-electron chi connectivity index (χ4n) is 4.29. The number of rotatable bonds is 9. The lowest BCUT2D eigenvalue weighted by molar-refractivity contribution is -0.151. The lowest BCUT2D eigenvalue weighted by Crippen LogP contribution is -2.43. The summed E-state index contributed by atoms with van der Waals surface area (Å²) in [4.78, 5) is 41.6. The maximum atomic E-state index is 13.0. The average molecular weight is 465 g/mol. The molecule has 1 aliphatic heterocycles. The Balaban J connectivity index is 1.67. The summed E-state index contributed by atoms with van der Waals surface area (Å²) in [6, 6.07) is 17.6. The number of benzene rings is 2. The molecule has 0 aromatic heterocycles. The van der Waals surface area contributed by atoms with Gasteiger partial charge in [-0.1, -0.05) is 56.3 Å². The van der Waals surface area contributed by atoms with Crippen LogP contribution in [-0.2, 0) is 32.1 Å². The highest BCUT2D eigenvalue weighted by Crippen LogP contribution is 2.23. The fraction of sp³-hybridized carbons (Fsp3) is 0.464. The van der Waals surface area contributed by atoms with Crippen molar-refractivity contribution < 1.29 is 19.1 Å². The molecule has 34 heavy (non-hydrogen) atoms. The molecule has 1 unspecified atom stereocenters. The van der Waals surface area contributed by atoms with Crippen LogP contribution in [-0.4, -0.2) is 42.4 Å². The maximum Gasteiger partial charge on any atom is 0.310 e. The van der Waals surface area contributed by atoms with Crippen molar-refractivity contribution in [2.75, 3.05) is 24.6 Å². The van der Waals surface area contributed by atoms with E-state index in [-0.39, 0.29) is 36.0 Å². The van der Waals surface area contributed by atoms with Gasteiger partial charge in [0, 0.05) is 25.2 Å². The molecule has 1 aliphatic rings. The van der Waals surface area contributed by atoms with E-state index in [2.05, 4.69) is 0 Å². The number of likely N-dealkylation sites (tertiary alicyclic amines) is 1. The number of piperidine rings is 1. The van der Waals surface area contributed by atoms with Crippen molar-refractivity contribution in [3.05, 3.63) is 65.7 Å². The number of carbonyl (C=O) groups is 3. The highest BCUT2D eigenvalue weighted by atomic mass is 16.5. The molecule has 2 aromatic rings. The molecule has 1 atom stereocenters. The number of hydrogen-bond donors (Lipinski definition) is 0. The Hall–Kier alpha value is -3.15. The van der Waals surface area contributed by atoms with Crippen LogP contribution in [0.4, 0.5) is 5.69 Å². The summed E-state index contributed by atoms with van der Waals surface area (Å²) in [7, 11) is 0. The van der Waals surface area contributed by atoms with Gasteiger partial charge in [0.15, 0.2) is 0 Å². The number of esters is 1. The zero-order valence-electron chi connectivity index (χ0n) is 20.5. The molecule has 2 amide bonds. The molecular weight excluding hydrogens is 428 g/mol. The molecule has 1 heterocycles. The molecule has 182 valence electrons. The third kappa shape index (κ3) is 7.17. The minimum Gasteiger partial charge on any atom is -0.466 e. The van der Waals surface area contributed by atoms with Crippen molar-refractivity contribution in [1.82, 2.24) is 4.90 Å². The zero-order chi connectivity index (χ0) is 24.5. The van der Waals surface area contributed by atoms with Crippen molar-refractivity contribution in [3.8, 4) is 0 Å². The molecule has 6 heteroatoms. The molecule has 0 spiro atoms. The molecule has 2 aromatic carbocycles. The molecule has 0 bridgehead atoms. The Morgan fingerprint density at radius 2 is 1.74 bits per heavy atom. The SMILES string of the molecule is CCOC(=O)C1CCCN(C(=O)Cc2ccc(N(Cc3ccccc3)C(=O)CC(C)C)cc2)C1. The second kappa shape index (κ2) is 12.4. The van der Waals surface area contributed by atoms with Gasteiger partial charge in [-0.3, -0.25) is 14.4 Å². The standard InChI is InChI=1S/C28H36N2O4/c1-4-34-28(33)24-11-8-16-29(20-24)26(31)18-22-12-14-25(15-13-22)30(27(32)17-21(2)3)19-23-9-6-5-7-10-23/h5-7,9-10,12-15,21,24H,4,8,11,16-20H2,1-3H3. The average Bonchev–Trinajstić information content (AvgIpc) is 2.83. The topological polar surface area (TPSA) is 66.9 Å². The van der Waals surface area contributed by atoms with Crippen LogP contribution in [0.1, 0.15) is 51.2 Å². The lowest BCUT2D eigenvalue weighted by Gasteiger charge is -2.31. The van der Waals surface area contributed by atoms with Crippen LogP contribution in [0.2, 0.25) is 0 Å². The van der Waals surface area contributed by atoms with Gasteiger partial charge < -0.3 is 14.5 Å². The fourth-order valence-corrected chi connectivity index (χ4v) is 4.29. The summed E-state index contributed by atoms with van der Waals surface area (Å²) in [5, 5.41) is 0. The second-order valence-corrected chi connectivity index (χ2v) is 9.34. The summed E-state index contributed by atoms with van der Waals surface area (Å²) in [6.07, 6.45) is 2.32. The van der Waals surface area contributed by atoms with Gasteiger partial charge in [0.25, 0.3) is 0 Å². The lowest BCUT2D eigenvalue weighted by atomic mass is 9.97. The van der Waals surface area contributed by atoms with Gasteiger partial charge in [0.1, 0.15) is 0 Å². The number of carbonyl (C=O) groups excluding carboxylic acids is 3. The molecule has 0 saturated carbocycles. The Morgan fingerprint density at radius 3 is 2.38 bits per heavy atom. The predicted octanol–water partition coefficient (Wildman–Crippen LogP) is 4.61. The molecule has 3 rings (SSSR count). The van der Waals surface area contributed by atoms with Gasteiger partial charge in [-0.05, 0) is 48.9 Å². The minimum atomic E-state index is -0.237. The van der Waals surface area contributed by atoms with Crippen molar-refractivity contribution in [2.24, 2.45) is 11.8 Å². The van der Waals surface area contributed by atoms with Crippen LogP contribution >= 0.6 is 0 Å². The minimum absolute atomic E-state index is 0.0128. The Morgan fingerprint density at radius 1 is 1.03 bits per heavy atom. The van der Waals surface area contributed by atoms with Crippen LogP contribution < -0.4 is 4.90 Å². The Kier molecular flexibility index (Phi) is 9.25. The Bertz CT molecular complexity index is 956. The monoisotopic (exact) mass is 464 g/mol. The number of nitrogens with zero attached hydrogens (tertiary/aromatic N) is 2. The van der Waals surface area contributed by atoms with E-state index >= 15 is 0 Å². The Labute approximate surface area is 202 Å². The molecule has 0 N–H and O–H groups in total. The smallest absolute Gasteiger partial charge is 0.310 e. The van der Waals surface area contributed by atoms with E-state index in [1.165, 1.54) is 0 Å². The molecule has 0 aliphatic carbocycles. The third-order valence-electron chi connectivity index (χ3n) is 6.06. The quantitative estimate of drug-likeness (QED) is 0.508. The van der Waals surface area contributed by atoms with Gasteiger partial charge in [0.05, 0.1) is 25.5 Å². The summed E-state index contributed by atoms with van der Waals surface area (Å²) in [5.41, 5.74) is 2.79. The van der Waals surface area contributed by atoms with Gasteiger partial charge in [0.2, 0.25) is 11.8 Å². The van der Waals surface area contributed by atoms with Gasteiger partial charge in [-0.15, -0.1) is 0 Å². The van der Waals surface area contributed by atoms with Gasteiger partial charge in [-0.2, -0.15) is 0 Å². The number of hydrogen-bond acceptors (Lipinski definition) is 4. The van der Waals surface area contributed by atoms with Crippen LogP contribution in [0.15, 0.2) is 54.6 Å². The molecule has 1 fully saturated rings. The first-order chi connectivity index (χ1) is 16.4. The van der Waals surface area contributed by atoms with E-state index in [4.69, 9.17) is 4.74 Å². The number of anilines is 1. The largest absolute Gasteiger partial charge is 0.466 e. The van der Waals surface area contributed by atoms with Crippen molar-refractivity contribution in [2.45, 2.75) is 53.0 Å². The van der Waals surface area contributed by atoms with Crippen molar-refractivity contribution in [1.29, 1.82) is 0 Å². The van der Waals surface area contributed by atoms with Crippen LogP contribution in [0.3, 0.4) is 0 Å². The third-order valence-corrected chi connectivity index (χ3v) is 6.06. The van der Waals surface area contributed by atoms with E-state index in [1.807, 2.05) is 73.3 Å². The molecular formula is C28H36N2O4. The normalized spacial score (nSPS) is 15.8. The van der Waals surface area contributed by atoms with E-state index in [0.29, 0.717) is 32.7 Å². The summed E-state index contributed by atoms with van der Waals surface area (Å²) in [6.45, 7) is 7.83. The van der Waals surface area contributed by atoms with Gasteiger partial charge >= 0.3 is 5.97 Å². The molecule has 6 nitrogen and oxygen atoms in total. The van der Waals surface area contributed by atoms with Crippen LogP contribution in [0, 0.1) is 11.8 Å². The predicted molar refractivity (Wildman–Crippen MR) is 133 cm³/mol. The maximum absolute atomic E-state index is 13.0. The summed E-state index contributed by atoms with van der Waals surface area (Å²) >= 11 is 0. The number of ether oxygens (including phenoxy) is 1. The first-order valence-corrected chi connectivity index (χ1v) is 12.2. The molecule has 1 saturated heterocycles. The van der Waals surface area contributed by atoms with Crippen LogP contribution in [0.5, 0.6) is 0 Å². The van der Waals surface area contributed by atoms with E-state index in [1.54, 1.807) is 11.8 Å². The van der Waals surface area contributed by atoms with Crippen molar-refractivity contribution in [3.63, 3.8) is 0 Å². The molecule has 0 radical (unpaired) electrons. The second-order valence-electron chi connectivity index (χ2n) is 9.34. The highest BCUT2D eigenvalue weighted by Gasteiger charge is 2.29. The highest BCUT2D eigenvalue weighted by molar-refractivity contribution is 5.93. The zero-order valence-corrected chi connectivity index (χ0v) is 20.5. The van der Waals surface area contributed by atoms with E-state index in [9.17, 15) is 14.4 Å². The van der Waals surface area contributed by atoms with E-state index < -0.39 is 0 Å². The number of amides is 2. The summed E-state index contributed by atoms with van der Waals surface area (Å²) < 4.78 is 5.14. The van der Waals surface area contributed by atoms with E-state index in [0.717, 1.165) is 29.7 Å². The van der Waals surface area contributed by atoms with Crippen molar-refractivity contribution >= 4 is 23.5 Å². The first kappa shape index (κ1) is 25.5. The summed E-state index contributed by atoms with van der Waals surface area (Å²) in [5.74, 6) is -0.0853. The van der Waals surface area contributed by atoms with Gasteiger partial charge in [-0.25, -0.2) is 0 Å². The van der Waals surface area contributed by atoms with Crippen LogP contribution in [0.25, 0.3) is 0 Å². The first-order valence-electron chi connectivity index (χ1n) is 12.2.